The van der Waals surface area contributed by atoms with E-state index in [9.17, 15) is 19.2 Å². The molecule has 0 spiro atoms. The maximum Gasteiger partial charge on any atom is 0.325 e. The maximum absolute atomic E-state index is 12.7. The highest BCUT2D eigenvalue weighted by Crippen LogP contribution is 2.26. The van der Waals surface area contributed by atoms with E-state index in [-0.39, 0.29) is 32.0 Å². The lowest BCUT2D eigenvalue weighted by atomic mass is 10.1. The quantitative estimate of drug-likeness (QED) is 0.683. The lowest BCUT2D eigenvalue weighted by Gasteiger charge is -2.23. The number of carbonyl (C=O) groups excluding carboxylic acids is 4. The molecule has 1 fully saturated rings. The molecular formula is C17H20N2O6. The summed E-state index contributed by atoms with van der Waals surface area (Å²) in [5.74, 6) is -2.58. The molecule has 25 heavy (non-hydrogen) atoms. The van der Waals surface area contributed by atoms with Crippen molar-refractivity contribution in [2.75, 3.05) is 38.8 Å². The second-order valence-electron chi connectivity index (χ2n) is 5.59. The number of nitrogens with zero attached hydrogens (tertiary/aromatic N) is 2. The Morgan fingerprint density at radius 1 is 1.08 bits per heavy atom. The predicted octanol–water partition coefficient (Wildman–Crippen LogP) is 0.214. The minimum Gasteiger partial charge on any atom is -0.468 e. The summed E-state index contributed by atoms with van der Waals surface area (Å²) in [5, 5.41) is 0. The van der Waals surface area contributed by atoms with Gasteiger partial charge < -0.3 is 19.3 Å². The summed E-state index contributed by atoms with van der Waals surface area (Å²) in [7, 11) is 2.39. The van der Waals surface area contributed by atoms with E-state index >= 15 is 0 Å². The van der Waals surface area contributed by atoms with Crippen LogP contribution in [0.3, 0.4) is 0 Å². The Morgan fingerprint density at radius 2 is 1.64 bits per heavy atom. The lowest BCUT2D eigenvalue weighted by molar-refractivity contribution is -0.153. The summed E-state index contributed by atoms with van der Waals surface area (Å²) < 4.78 is 9.12. The molecule has 1 unspecified atom stereocenters. The molecule has 0 bridgehead atoms. The molecule has 8 heteroatoms. The van der Waals surface area contributed by atoms with Crippen molar-refractivity contribution in [3.05, 3.63) is 30.3 Å². The molecule has 1 aliphatic heterocycles. The van der Waals surface area contributed by atoms with Gasteiger partial charge in [-0.3, -0.25) is 19.2 Å². The molecule has 1 saturated heterocycles. The SMILES string of the molecule is COC(=O)CN(CC(=O)OC)C(=O)C1CC(=O)N(c2ccccc2)C1. The number of ether oxygens (including phenoxy) is 2. The second kappa shape index (κ2) is 8.27. The molecule has 134 valence electrons. The monoisotopic (exact) mass is 348 g/mol. The summed E-state index contributed by atoms with van der Waals surface area (Å²) in [6, 6.07) is 9.01. The van der Waals surface area contributed by atoms with Gasteiger partial charge in [0.15, 0.2) is 0 Å². The molecule has 1 aromatic carbocycles. The van der Waals surface area contributed by atoms with Gasteiger partial charge in [-0.15, -0.1) is 0 Å². The van der Waals surface area contributed by atoms with Crippen molar-refractivity contribution in [2.24, 2.45) is 5.92 Å². The van der Waals surface area contributed by atoms with E-state index < -0.39 is 23.8 Å². The van der Waals surface area contributed by atoms with E-state index in [0.717, 1.165) is 4.90 Å². The Labute approximate surface area is 145 Å². The standard InChI is InChI=1S/C17H20N2O6/c1-24-15(21)10-18(11-16(22)25-2)17(23)12-8-14(20)19(9-12)13-6-4-3-5-7-13/h3-7,12H,8-11H2,1-2H3. The topological polar surface area (TPSA) is 93.2 Å². The number of benzene rings is 1. The fraction of sp³-hybridized carbons (Fsp3) is 0.412. The van der Waals surface area contributed by atoms with Crippen molar-refractivity contribution in [3.8, 4) is 0 Å². The van der Waals surface area contributed by atoms with Crippen molar-refractivity contribution < 1.29 is 28.7 Å². The maximum atomic E-state index is 12.7. The zero-order valence-electron chi connectivity index (χ0n) is 14.1. The van der Waals surface area contributed by atoms with Crippen molar-refractivity contribution in [1.29, 1.82) is 0 Å². The molecule has 1 heterocycles. The largest absolute Gasteiger partial charge is 0.468 e. The van der Waals surface area contributed by atoms with Crippen molar-refractivity contribution in [3.63, 3.8) is 0 Å². The van der Waals surface area contributed by atoms with Crippen LogP contribution < -0.4 is 4.90 Å². The van der Waals surface area contributed by atoms with Gasteiger partial charge in [0, 0.05) is 18.7 Å². The van der Waals surface area contributed by atoms with Gasteiger partial charge in [-0.1, -0.05) is 18.2 Å². The number of anilines is 1. The van der Waals surface area contributed by atoms with Gasteiger partial charge in [0.25, 0.3) is 0 Å². The van der Waals surface area contributed by atoms with Crippen molar-refractivity contribution in [2.45, 2.75) is 6.42 Å². The summed E-state index contributed by atoms with van der Waals surface area (Å²) >= 11 is 0. The number of methoxy groups -OCH3 is 2. The van der Waals surface area contributed by atoms with Crippen LogP contribution in [0.15, 0.2) is 30.3 Å². The number of hydrogen-bond acceptors (Lipinski definition) is 6. The van der Waals surface area contributed by atoms with Crippen molar-refractivity contribution in [1.82, 2.24) is 4.90 Å². The number of esters is 2. The summed E-state index contributed by atoms with van der Waals surface area (Å²) in [6.07, 6.45) is 0.0204. The Bertz CT molecular complexity index is 642. The van der Waals surface area contributed by atoms with E-state index in [4.69, 9.17) is 0 Å². The van der Waals surface area contributed by atoms with Crippen LogP contribution >= 0.6 is 0 Å². The third-order valence-corrected chi connectivity index (χ3v) is 3.95. The molecule has 0 aromatic heterocycles. The van der Waals surface area contributed by atoms with Crippen LogP contribution in [-0.2, 0) is 28.7 Å². The van der Waals surface area contributed by atoms with E-state index in [0.29, 0.717) is 5.69 Å². The minimum absolute atomic E-state index is 0.0204. The van der Waals surface area contributed by atoms with Gasteiger partial charge in [-0.2, -0.15) is 0 Å². The second-order valence-corrected chi connectivity index (χ2v) is 5.59. The molecular weight excluding hydrogens is 328 g/mol. The van der Waals surface area contributed by atoms with Gasteiger partial charge in [0.2, 0.25) is 11.8 Å². The summed E-state index contributed by atoms with van der Waals surface area (Å²) in [6.45, 7) is -0.554. The Morgan fingerprint density at radius 3 is 2.16 bits per heavy atom. The summed E-state index contributed by atoms with van der Waals surface area (Å²) in [5.41, 5.74) is 0.704. The lowest BCUT2D eigenvalue weighted by Crippen LogP contribution is -2.44. The first-order valence-corrected chi connectivity index (χ1v) is 7.74. The number of amides is 2. The molecule has 2 amide bonds. The van der Waals surface area contributed by atoms with Crippen LogP contribution in [0.2, 0.25) is 0 Å². The highest BCUT2D eigenvalue weighted by molar-refractivity contribution is 6.01. The Kier molecular flexibility index (Phi) is 6.10. The van der Waals surface area contributed by atoms with E-state index in [1.807, 2.05) is 6.07 Å². The number of carbonyl (C=O) groups is 4. The minimum atomic E-state index is -0.651. The molecule has 1 aromatic rings. The van der Waals surface area contributed by atoms with E-state index in [2.05, 4.69) is 9.47 Å². The molecule has 0 aliphatic carbocycles. The molecule has 1 aliphatic rings. The predicted molar refractivity (Wildman–Crippen MR) is 87.5 cm³/mol. The zero-order chi connectivity index (χ0) is 18.4. The molecule has 0 saturated carbocycles. The van der Waals surface area contributed by atoms with Crippen molar-refractivity contribution >= 4 is 29.4 Å². The number of hydrogen-bond donors (Lipinski definition) is 0. The first-order chi connectivity index (χ1) is 12.0. The molecule has 2 rings (SSSR count). The normalized spacial score (nSPS) is 16.5. The van der Waals surface area contributed by atoms with Crippen LogP contribution in [-0.4, -0.2) is 62.5 Å². The average molecular weight is 348 g/mol. The molecule has 0 N–H and O–H groups in total. The van der Waals surface area contributed by atoms with Gasteiger partial charge in [0.1, 0.15) is 13.1 Å². The fourth-order valence-corrected chi connectivity index (χ4v) is 2.64. The van der Waals surface area contributed by atoms with Crippen LogP contribution in [0, 0.1) is 5.92 Å². The first-order valence-electron chi connectivity index (χ1n) is 7.74. The van der Waals surface area contributed by atoms with Crippen LogP contribution in [0.4, 0.5) is 5.69 Å². The third-order valence-electron chi connectivity index (χ3n) is 3.95. The average Bonchev–Trinajstić information content (AvgIpc) is 3.02. The van der Waals surface area contributed by atoms with Crippen LogP contribution in [0.1, 0.15) is 6.42 Å². The highest BCUT2D eigenvalue weighted by atomic mass is 16.5. The van der Waals surface area contributed by atoms with Gasteiger partial charge >= 0.3 is 11.9 Å². The van der Waals surface area contributed by atoms with E-state index in [1.165, 1.54) is 19.1 Å². The smallest absolute Gasteiger partial charge is 0.325 e. The molecule has 0 radical (unpaired) electrons. The first kappa shape index (κ1) is 18.4. The Hall–Kier alpha value is -2.90. The molecule has 1 atom stereocenters. The summed E-state index contributed by atoms with van der Waals surface area (Å²) in [4.78, 5) is 50.6. The van der Waals surface area contributed by atoms with Gasteiger partial charge in [0.05, 0.1) is 20.1 Å². The third kappa shape index (κ3) is 4.56. The number of rotatable bonds is 6. The molecule has 8 nitrogen and oxygen atoms in total. The van der Waals surface area contributed by atoms with E-state index in [1.54, 1.807) is 24.3 Å². The van der Waals surface area contributed by atoms with Crippen LogP contribution in [0.25, 0.3) is 0 Å². The zero-order valence-corrected chi connectivity index (χ0v) is 14.1. The van der Waals surface area contributed by atoms with Crippen LogP contribution in [0.5, 0.6) is 0 Å². The number of para-hydroxylation sites is 1. The van der Waals surface area contributed by atoms with Gasteiger partial charge in [-0.05, 0) is 12.1 Å². The van der Waals surface area contributed by atoms with Gasteiger partial charge in [-0.25, -0.2) is 0 Å². The Balaban J connectivity index is 2.11. The highest BCUT2D eigenvalue weighted by Gasteiger charge is 2.38. The fourth-order valence-electron chi connectivity index (χ4n) is 2.64.